The van der Waals surface area contributed by atoms with E-state index in [1.807, 2.05) is 84.9 Å². The zero-order valence-corrected chi connectivity index (χ0v) is 21.4. The number of hydrazone groups is 1. The van der Waals surface area contributed by atoms with Gasteiger partial charge >= 0.3 is 0 Å². The van der Waals surface area contributed by atoms with Gasteiger partial charge in [0.2, 0.25) is 0 Å². The van der Waals surface area contributed by atoms with Crippen molar-refractivity contribution < 1.29 is 14.3 Å². The third kappa shape index (κ3) is 5.82. The fourth-order valence-corrected chi connectivity index (χ4v) is 4.23. The van der Waals surface area contributed by atoms with Gasteiger partial charge in [-0.05, 0) is 53.6 Å². The van der Waals surface area contributed by atoms with Crippen LogP contribution in [-0.4, -0.2) is 24.2 Å². The highest BCUT2D eigenvalue weighted by Gasteiger charge is 2.13. The smallest absolute Gasteiger partial charge is 0.272 e. The first-order chi connectivity index (χ1) is 18.6. The van der Waals surface area contributed by atoms with Gasteiger partial charge in [-0.15, -0.1) is 0 Å². The summed E-state index contributed by atoms with van der Waals surface area (Å²) in [5.74, 6) is 0.811. The maximum atomic E-state index is 13.1. The molecule has 1 N–H and O–H groups in total. The minimum Gasteiger partial charge on any atom is -0.493 e. The SMILES string of the molecule is COc1cc(/C=N\NC(=O)c2cc(-c3ccccc3)nc3ccccc23)ccc1OCc1cccc(Cl)c1. The standard InChI is InChI=1S/C31H24ClN3O3/c1-37-30-17-21(14-15-29(30)38-20-22-8-7-11-24(32)16-22)19-33-35-31(36)26-18-28(23-9-3-2-4-10-23)34-27-13-6-5-12-25(26)27/h2-19H,20H2,1H3,(H,35,36)/b33-19-. The highest BCUT2D eigenvalue weighted by atomic mass is 35.5. The zero-order chi connectivity index (χ0) is 26.3. The van der Waals surface area contributed by atoms with Crippen molar-refractivity contribution in [1.29, 1.82) is 0 Å². The largest absolute Gasteiger partial charge is 0.493 e. The van der Waals surface area contributed by atoms with Crippen molar-refractivity contribution in [1.82, 2.24) is 10.4 Å². The monoisotopic (exact) mass is 521 g/mol. The predicted molar refractivity (Wildman–Crippen MR) is 151 cm³/mol. The van der Waals surface area contributed by atoms with Crippen LogP contribution < -0.4 is 14.9 Å². The molecule has 0 spiro atoms. The Morgan fingerprint density at radius 2 is 1.74 bits per heavy atom. The Labute approximate surface area is 225 Å². The number of hydrogen-bond acceptors (Lipinski definition) is 5. The van der Waals surface area contributed by atoms with Gasteiger partial charge in [-0.25, -0.2) is 10.4 Å². The quantitative estimate of drug-likeness (QED) is 0.178. The molecule has 0 aliphatic heterocycles. The predicted octanol–water partition coefficient (Wildman–Crippen LogP) is 6.91. The normalized spacial score (nSPS) is 11.0. The van der Waals surface area contributed by atoms with Gasteiger partial charge in [-0.3, -0.25) is 4.79 Å². The highest BCUT2D eigenvalue weighted by molar-refractivity contribution is 6.30. The Hall–Kier alpha value is -4.68. The van der Waals surface area contributed by atoms with Crippen molar-refractivity contribution in [2.45, 2.75) is 6.61 Å². The number of methoxy groups -OCH3 is 1. The molecular formula is C31H24ClN3O3. The fourth-order valence-electron chi connectivity index (χ4n) is 4.02. The topological polar surface area (TPSA) is 72.8 Å². The molecule has 5 aromatic rings. The number of pyridine rings is 1. The van der Waals surface area contributed by atoms with Crippen molar-refractivity contribution in [3.05, 3.63) is 125 Å². The number of carbonyl (C=O) groups excluding carboxylic acids is 1. The molecule has 0 aliphatic rings. The second kappa shape index (κ2) is 11.6. The van der Waals surface area contributed by atoms with Crippen molar-refractivity contribution in [3.63, 3.8) is 0 Å². The Bertz CT molecular complexity index is 1620. The van der Waals surface area contributed by atoms with Gasteiger partial charge in [0.1, 0.15) is 6.61 Å². The summed E-state index contributed by atoms with van der Waals surface area (Å²) in [6.07, 6.45) is 1.56. The minimum atomic E-state index is -0.328. The van der Waals surface area contributed by atoms with Crippen LogP contribution in [0.2, 0.25) is 5.02 Å². The number of hydrogen-bond donors (Lipinski definition) is 1. The molecule has 188 valence electrons. The molecule has 0 fully saturated rings. The minimum absolute atomic E-state index is 0.328. The van der Waals surface area contributed by atoms with Crippen LogP contribution in [0.4, 0.5) is 0 Å². The number of para-hydroxylation sites is 1. The summed E-state index contributed by atoms with van der Waals surface area (Å²) in [6, 6.07) is 32.0. The molecule has 7 heteroatoms. The lowest BCUT2D eigenvalue weighted by molar-refractivity contribution is 0.0956. The maximum absolute atomic E-state index is 13.1. The van der Waals surface area contributed by atoms with Gasteiger partial charge < -0.3 is 9.47 Å². The van der Waals surface area contributed by atoms with E-state index in [4.69, 9.17) is 26.1 Å². The molecule has 1 amide bonds. The second-order valence-corrected chi connectivity index (χ2v) is 8.90. The summed E-state index contributed by atoms with van der Waals surface area (Å²) in [4.78, 5) is 17.9. The van der Waals surface area contributed by atoms with Crippen LogP contribution in [0.1, 0.15) is 21.5 Å². The van der Waals surface area contributed by atoms with Crippen LogP contribution >= 0.6 is 11.6 Å². The second-order valence-electron chi connectivity index (χ2n) is 8.47. The van der Waals surface area contributed by atoms with Crippen LogP contribution in [0.25, 0.3) is 22.2 Å². The van der Waals surface area contributed by atoms with Crippen LogP contribution in [0.3, 0.4) is 0 Å². The number of nitrogens with zero attached hydrogens (tertiary/aromatic N) is 2. The van der Waals surface area contributed by atoms with E-state index in [9.17, 15) is 4.79 Å². The number of nitrogens with one attached hydrogen (secondary N) is 1. The first-order valence-corrected chi connectivity index (χ1v) is 12.3. The molecule has 0 atom stereocenters. The Kier molecular flexibility index (Phi) is 7.62. The maximum Gasteiger partial charge on any atom is 0.272 e. The zero-order valence-electron chi connectivity index (χ0n) is 20.6. The Morgan fingerprint density at radius 3 is 2.55 bits per heavy atom. The third-order valence-electron chi connectivity index (χ3n) is 5.88. The Balaban J connectivity index is 1.32. The summed E-state index contributed by atoms with van der Waals surface area (Å²) < 4.78 is 11.4. The molecule has 4 aromatic carbocycles. The number of amides is 1. The summed E-state index contributed by atoms with van der Waals surface area (Å²) in [7, 11) is 1.57. The number of halogens is 1. The molecule has 0 aliphatic carbocycles. The van der Waals surface area contributed by atoms with E-state index >= 15 is 0 Å². The van der Waals surface area contributed by atoms with E-state index in [1.54, 1.807) is 31.5 Å². The van der Waals surface area contributed by atoms with Gasteiger partial charge in [0.05, 0.1) is 30.1 Å². The van der Waals surface area contributed by atoms with Crippen LogP contribution in [-0.2, 0) is 6.61 Å². The lowest BCUT2D eigenvalue weighted by Crippen LogP contribution is -2.18. The van der Waals surface area contributed by atoms with E-state index < -0.39 is 0 Å². The van der Waals surface area contributed by atoms with Gasteiger partial charge in [0, 0.05) is 16.0 Å². The van der Waals surface area contributed by atoms with Gasteiger partial charge in [-0.2, -0.15) is 5.10 Å². The van der Waals surface area contributed by atoms with Gasteiger partial charge in [0.25, 0.3) is 5.91 Å². The van der Waals surface area contributed by atoms with Crippen molar-refractivity contribution >= 4 is 34.6 Å². The molecular weight excluding hydrogens is 498 g/mol. The summed E-state index contributed by atoms with van der Waals surface area (Å²) in [5.41, 5.74) is 7.21. The molecule has 1 heterocycles. The summed E-state index contributed by atoms with van der Waals surface area (Å²) >= 11 is 6.05. The molecule has 1 aromatic heterocycles. The third-order valence-corrected chi connectivity index (χ3v) is 6.12. The number of carbonyl (C=O) groups is 1. The first kappa shape index (κ1) is 25.0. The van der Waals surface area contributed by atoms with Crippen molar-refractivity contribution in [3.8, 4) is 22.8 Å². The van der Waals surface area contributed by atoms with E-state index in [2.05, 4.69) is 10.5 Å². The highest BCUT2D eigenvalue weighted by Crippen LogP contribution is 2.29. The van der Waals surface area contributed by atoms with Gasteiger partial charge in [0.15, 0.2) is 11.5 Å². The fraction of sp³-hybridized carbons (Fsp3) is 0.0645. The summed E-state index contributed by atoms with van der Waals surface area (Å²) in [5, 5.41) is 5.59. The number of benzene rings is 4. The van der Waals surface area contributed by atoms with Crippen molar-refractivity contribution in [2.24, 2.45) is 5.10 Å². The molecule has 38 heavy (non-hydrogen) atoms. The first-order valence-electron chi connectivity index (χ1n) is 11.9. The summed E-state index contributed by atoms with van der Waals surface area (Å²) in [6.45, 7) is 0.352. The van der Waals surface area contributed by atoms with Gasteiger partial charge in [-0.1, -0.05) is 72.3 Å². The molecule has 0 unspecified atom stereocenters. The molecule has 0 saturated heterocycles. The number of fused-ring (bicyclic) bond motifs is 1. The van der Waals surface area contributed by atoms with Crippen LogP contribution in [0.5, 0.6) is 11.5 Å². The van der Waals surface area contributed by atoms with Crippen LogP contribution in [0, 0.1) is 0 Å². The molecule has 0 radical (unpaired) electrons. The molecule has 6 nitrogen and oxygen atoms in total. The Morgan fingerprint density at radius 1 is 0.921 bits per heavy atom. The molecule has 5 rings (SSSR count). The van der Waals surface area contributed by atoms with E-state index in [1.165, 1.54) is 0 Å². The average Bonchev–Trinajstić information content (AvgIpc) is 2.96. The number of ether oxygens (including phenoxy) is 2. The number of aromatic nitrogens is 1. The molecule has 0 bridgehead atoms. The van der Waals surface area contributed by atoms with Crippen molar-refractivity contribution in [2.75, 3.05) is 7.11 Å². The van der Waals surface area contributed by atoms with E-state index in [0.717, 1.165) is 33.3 Å². The lowest BCUT2D eigenvalue weighted by atomic mass is 10.0. The number of rotatable bonds is 8. The van der Waals surface area contributed by atoms with E-state index in [0.29, 0.717) is 28.7 Å². The van der Waals surface area contributed by atoms with Crippen LogP contribution in [0.15, 0.2) is 108 Å². The molecule has 0 saturated carbocycles. The lowest BCUT2D eigenvalue weighted by Gasteiger charge is -2.11. The average molecular weight is 522 g/mol. The van der Waals surface area contributed by atoms with E-state index in [-0.39, 0.29) is 5.91 Å².